The number of carbonyl (C=O) groups is 1. The molecule has 1 aliphatic heterocycles. The molecule has 1 amide bonds. The van der Waals surface area contributed by atoms with E-state index in [0.717, 1.165) is 0 Å². The number of rotatable bonds is 5. The van der Waals surface area contributed by atoms with Crippen LogP contribution in [0.5, 0.6) is 17.2 Å². The van der Waals surface area contributed by atoms with Crippen molar-refractivity contribution in [2.45, 2.75) is 6.54 Å². The maximum absolute atomic E-state index is 12.8. The number of hydrogen-bond donors (Lipinski definition) is 1. The number of aromatic nitrogens is 5. The molecule has 11 heteroatoms. The molecule has 0 fully saturated rings. The Morgan fingerprint density at radius 1 is 1.19 bits per heavy atom. The van der Waals surface area contributed by atoms with E-state index in [1.165, 1.54) is 15.6 Å². The quantitative estimate of drug-likeness (QED) is 0.513. The summed E-state index contributed by atoms with van der Waals surface area (Å²) in [5, 5.41) is 10.7. The van der Waals surface area contributed by atoms with Crippen molar-refractivity contribution in [3.8, 4) is 22.9 Å². The zero-order valence-electron chi connectivity index (χ0n) is 16.3. The van der Waals surface area contributed by atoms with Crippen molar-refractivity contribution in [2.75, 3.05) is 19.2 Å². The summed E-state index contributed by atoms with van der Waals surface area (Å²) in [5.74, 6) is 1.40. The largest absolute Gasteiger partial charge is 0.497 e. The minimum Gasteiger partial charge on any atom is -0.497 e. The fourth-order valence-electron chi connectivity index (χ4n) is 3.20. The van der Waals surface area contributed by atoms with Crippen LogP contribution in [0.15, 0.2) is 53.6 Å². The maximum Gasteiger partial charge on any atom is 0.284 e. The Morgan fingerprint density at radius 2 is 2.06 bits per heavy atom. The number of anilines is 1. The summed E-state index contributed by atoms with van der Waals surface area (Å²) >= 11 is 0. The molecule has 1 aliphatic rings. The number of methoxy groups -OCH3 is 1. The Balaban J connectivity index is 1.39. The first-order valence-electron chi connectivity index (χ1n) is 9.27. The van der Waals surface area contributed by atoms with Gasteiger partial charge < -0.3 is 19.5 Å². The van der Waals surface area contributed by atoms with Crippen LogP contribution in [0, 0.1) is 0 Å². The van der Waals surface area contributed by atoms with Gasteiger partial charge in [-0.3, -0.25) is 14.2 Å². The molecule has 5 rings (SSSR count). The molecular formula is C20H16N6O5. The molecule has 156 valence electrons. The van der Waals surface area contributed by atoms with Crippen LogP contribution in [0.1, 0.15) is 0 Å². The minimum absolute atomic E-state index is 0.0567. The van der Waals surface area contributed by atoms with Gasteiger partial charge in [-0.25, -0.2) is 4.98 Å². The molecule has 0 radical (unpaired) electrons. The molecule has 0 atom stereocenters. The lowest BCUT2D eigenvalue weighted by Crippen LogP contribution is -2.28. The molecule has 31 heavy (non-hydrogen) atoms. The first-order valence-corrected chi connectivity index (χ1v) is 9.27. The molecule has 0 aliphatic carbocycles. The van der Waals surface area contributed by atoms with Gasteiger partial charge >= 0.3 is 0 Å². The number of benzene rings is 2. The summed E-state index contributed by atoms with van der Waals surface area (Å²) in [6, 6.07) is 12.2. The Kier molecular flexibility index (Phi) is 4.47. The van der Waals surface area contributed by atoms with E-state index in [9.17, 15) is 9.59 Å². The average Bonchev–Trinajstić information content (AvgIpc) is 3.42. The highest BCUT2D eigenvalue weighted by Gasteiger charge is 2.17. The van der Waals surface area contributed by atoms with Gasteiger partial charge in [0.25, 0.3) is 5.56 Å². The molecule has 0 saturated carbocycles. The molecule has 1 N–H and O–H groups in total. The van der Waals surface area contributed by atoms with E-state index < -0.39 is 11.5 Å². The minimum atomic E-state index is -0.472. The Labute approximate surface area is 174 Å². The molecule has 0 saturated heterocycles. The lowest BCUT2D eigenvalue weighted by Gasteiger charge is -2.08. The van der Waals surface area contributed by atoms with Crippen LogP contribution in [0.2, 0.25) is 0 Å². The molecule has 4 aromatic rings. The molecule has 0 bridgehead atoms. The van der Waals surface area contributed by atoms with Crippen molar-refractivity contribution in [1.29, 1.82) is 0 Å². The van der Waals surface area contributed by atoms with E-state index in [4.69, 9.17) is 14.2 Å². The predicted molar refractivity (Wildman–Crippen MR) is 109 cm³/mol. The van der Waals surface area contributed by atoms with Crippen LogP contribution < -0.4 is 25.1 Å². The van der Waals surface area contributed by atoms with E-state index in [1.807, 2.05) is 0 Å². The fraction of sp³-hybridized carbons (Fsp3) is 0.150. The number of nitrogens with one attached hydrogen (secondary N) is 1. The first kappa shape index (κ1) is 18.6. The second-order valence-electron chi connectivity index (χ2n) is 6.67. The van der Waals surface area contributed by atoms with E-state index >= 15 is 0 Å². The van der Waals surface area contributed by atoms with Crippen LogP contribution in [-0.4, -0.2) is 44.4 Å². The Hall–Kier alpha value is -4.41. The van der Waals surface area contributed by atoms with Gasteiger partial charge in [0.2, 0.25) is 12.7 Å². The van der Waals surface area contributed by atoms with Gasteiger partial charge in [-0.05, 0) is 24.3 Å². The van der Waals surface area contributed by atoms with Crippen LogP contribution in [0.25, 0.3) is 16.9 Å². The van der Waals surface area contributed by atoms with Crippen LogP contribution >= 0.6 is 0 Å². The molecule has 0 unspecified atom stereocenters. The summed E-state index contributed by atoms with van der Waals surface area (Å²) in [6.45, 7) is -0.0908. The van der Waals surface area contributed by atoms with Gasteiger partial charge in [-0.2, -0.15) is 4.68 Å². The molecule has 2 aromatic carbocycles. The monoisotopic (exact) mass is 420 g/mol. The zero-order valence-corrected chi connectivity index (χ0v) is 16.3. The molecule has 3 heterocycles. The maximum atomic E-state index is 12.8. The summed E-state index contributed by atoms with van der Waals surface area (Å²) < 4.78 is 18.4. The number of fused-ring (bicyclic) bond motifs is 2. The SMILES string of the molecule is COc1cccc(-n2nnc3c(=O)n(CC(=O)Nc4ccc5c(c4)OCO5)cnc32)c1. The highest BCUT2D eigenvalue weighted by Crippen LogP contribution is 2.34. The summed E-state index contributed by atoms with van der Waals surface area (Å²) in [5.41, 5.74) is 1.04. The number of hydrogen-bond acceptors (Lipinski definition) is 8. The highest BCUT2D eigenvalue weighted by molar-refractivity contribution is 5.91. The second-order valence-corrected chi connectivity index (χ2v) is 6.67. The first-order chi connectivity index (χ1) is 15.1. The van der Waals surface area contributed by atoms with Crippen LogP contribution in [0.3, 0.4) is 0 Å². The summed E-state index contributed by atoms with van der Waals surface area (Å²) in [6.07, 6.45) is 1.30. The van der Waals surface area contributed by atoms with Crippen molar-refractivity contribution in [3.63, 3.8) is 0 Å². The molecule has 2 aromatic heterocycles. The van der Waals surface area contributed by atoms with Crippen LogP contribution in [0.4, 0.5) is 5.69 Å². The number of carbonyl (C=O) groups excluding carboxylic acids is 1. The summed E-state index contributed by atoms with van der Waals surface area (Å²) in [4.78, 5) is 29.5. The van der Waals surface area contributed by atoms with Gasteiger partial charge in [-0.15, -0.1) is 5.10 Å². The summed E-state index contributed by atoms with van der Waals surface area (Å²) in [7, 11) is 1.56. The predicted octanol–water partition coefficient (Wildman–Crippen LogP) is 1.35. The smallest absolute Gasteiger partial charge is 0.284 e. The third kappa shape index (κ3) is 3.41. The van der Waals surface area contributed by atoms with Gasteiger partial charge in [0.1, 0.15) is 18.6 Å². The Morgan fingerprint density at radius 3 is 2.94 bits per heavy atom. The lowest BCUT2D eigenvalue weighted by atomic mass is 10.3. The third-order valence-corrected chi connectivity index (χ3v) is 4.70. The lowest BCUT2D eigenvalue weighted by molar-refractivity contribution is -0.116. The normalized spacial score (nSPS) is 12.2. The van der Waals surface area contributed by atoms with Gasteiger partial charge in [-0.1, -0.05) is 11.3 Å². The van der Waals surface area contributed by atoms with E-state index in [2.05, 4.69) is 20.6 Å². The van der Waals surface area contributed by atoms with Crippen molar-refractivity contribution in [1.82, 2.24) is 24.5 Å². The number of nitrogens with zero attached hydrogens (tertiary/aromatic N) is 5. The number of amides is 1. The number of ether oxygens (including phenoxy) is 3. The van der Waals surface area contributed by atoms with Crippen molar-refractivity contribution in [3.05, 3.63) is 59.1 Å². The van der Waals surface area contributed by atoms with Crippen molar-refractivity contribution >= 4 is 22.8 Å². The molecule has 11 nitrogen and oxygen atoms in total. The third-order valence-electron chi connectivity index (χ3n) is 4.70. The Bertz CT molecular complexity index is 1360. The van der Waals surface area contributed by atoms with Gasteiger partial charge in [0.15, 0.2) is 22.7 Å². The van der Waals surface area contributed by atoms with Crippen molar-refractivity contribution < 1.29 is 19.0 Å². The fourth-order valence-corrected chi connectivity index (χ4v) is 3.20. The standard InChI is InChI=1S/C20H16N6O5/c1-29-14-4-2-3-13(8-14)26-19-18(23-24-26)20(28)25(10-21-19)9-17(27)22-12-5-6-15-16(7-12)31-11-30-15/h2-8,10H,9,11H2,1H3,(H,22,27). The van der Waals surface area contributed by atoms with E-state index in [1.54, 1.807) is 49.6 Å². The van der Waals surface area contributed by atoms with Gasteiger partial charge in [0, 0.05) is 17.8 Å². The topological polar surface area (TPSA) is 122 Å². The molecular weight excluding hydrogens is 404 g/mol. The second kappa shape index (κ2) is 7.44. The van der Waals surface area contributed by atoms with Crippen molar-refractivity contribution in [2.24, 2.45) is 0 Å². The molecule has 0 spiro atoms. The van der Waals surface area contributed by atoms with E-state index in [0.29, 0.717) is 28.6 Å². The zero-order chi connectivity index (χ0) is 21.4. The average molecular weight is 420 g/mol. The van der Waals surface area contributed by atoms with Gasteiger partial charge in [0.05, 0.1) is 12.8 Å². The van der Waals surface area contributed by atoms with E-state index in [-0.39, 0.29) is 24.5 Å². The van der Waals surface area contributed by atoms with Crippen LogP contribution in [-0.2, 0) is 11.3 Å². The highest BCUT2D eigenvalue weighted by atomic mass is 16.7.